The summed E-state index contributed by atoms with van der Waals surface area (Å²) in [6.07, 6.45) is 0. The molecular weight excluding hydrogens is 1070 g/mol. The van der Waals surface area contributed by atoms with Crippen LogP contribution in [0.15, 0.2) is 205 Å². The number of rotatable bonds is 6. The molecule has 0 aromatic heterocycles. The van der Waals surface area contributed by atoms with Crippen LogP contribution in [0.3, 0.4) is 0 Å². The van der Waals surface area contributed by atoms with E-state index in [0.29, 0.717) is 0 Å². The summed E-state index contributed by atoms with van der Waals surface area (Å²) in [5, 5.41) is 15.8. The Kier molecular flexibility index (Phi) is 14.6. The van der Waals surface area contributed by atoms with Crippen molar-refractivity contribution in [2.24, 2.45) is 0 Å². The molecule has 0 N–H and O–H groups in total. The molecule has 0 aliphatic carbocycles. The number of aryl methyl sites for hydroxylation is 4. The number of hydrogen-bond donors (Lipinski definition) is 0. The van der Waals surface area contributed by atoms with Crippen molar-refractivity contribution in [2.45, 2.75) is 27.7 Å². The summed E-state index contributed by atoms with van der Waals surface area (Å²) < 4.78 is 1.14. The summed E-state index contributed by atoms with van der Waals surface area (Å²) in [7, 11) is 0. The van der Waals surface area contributed by atoms with Crippen molar-refractivity contribution in [3.63, 3.8) is 0 Å². The van der Waals surface area contributed by atoms with Crippen LogP contribution < -0.4 is 9.80 Å². The fourth-order valence-corrected chi connectivity index (χ4v) is 9.95. The first-order valence-corrected chi connectivity index (χ1v) is 27.9. The van der Waals surface area contributed by atoms with E-state index in [1.165, 1.54) is 110 Å². The molecule has 0 radical (unpaired) electrons. The van der Waals surface area contributed by atoms with Gasteiger partial charge in [-0.3, -0.25) is 0 Å². The lowest BCUT2D eigenvalue weighted by molar-refractivity contribution is 1.28. The largest absolute Gasteiger partial charge is 0.310 e. The Labute approximate surface area is 432 Å². The van der Waals surface area contributed by atoms with Gasteiger partial charge in [-0.05, 0) is 148 Å². The summed E-state index contributed by atoms with van der Waals surface area (Å²) in [5.41, 5.74) is 12.1. The van der Waals surface area contributed by atoms with Gasteiger partial charge in [0.05, 0.1) is 16.7 Å². The maximum absolute atomic E-state index is 4.76. The van der Waals surface area contributed by atoms with Crippen LogP contribution in [0.5, 0.6) is 0 Å². The SMILES string of the molecule is BrBr.Cc1ccc(N(c2ccc(C)cc2)c2ccc3ccc4c(Br)ccc5ccc2c3c54)cc1.Cc1ccc(N(c2ccc(C)cc2)c2ccc3ccc4cccc5ccc2c3c45)cc1.ClCCl. The number of benzene rings is 12. The highest BCUT2D eigenvalue weighted by Crippen LogP contribution is 2.46. The molecule has 0 heterocycles. The first-order chi connectivity index (χ1) is 33.2. The molecule has 0 unspecified atom stereocenters. The van der Waals surface area contributed by atoms with E-state index in [1.54, 1.807) is 0 Å². The molecule has 0 saturated heterocycles. The molecule has 0 spiro atoms. The predicted molar refractivity (Wildman–Crippen MR) is 311 cm³/mol. The topological polar surface area (TPSA) is 6.48 Å². The molecule has 12 aromatic carbocycles. The van der Waals surface area contributed by atoms with E-state index in [-0.39, 0.29) is 5.34 Å². The zero-order chi connectivity index (χ0) is 47.5. The third-order valence-electron chi connectivity index (χ3n) is 12.7. The smallest absolute Gasteiger partial charge is 0.0967 e. The van der Waals surface area contributed by atoms with Crippen LogP contribution in [0.25, 0.3) is 64.6 Å². The van der Waals surface area contributed by atoms with Crippen molar-refractivity contribution in [1.29, 1.82) is 0 Å². The van der Waals surface area contributed by atoms with Gasteiger partial charge in [-0.25, -0.2) is 0 Å². The van der Waals surface area contributed by atoms with Gasteiger partial charge in [-0.15, -0.1) is 23.2 Å². The lowest BCUT2D eigenvalue weighted by atomic mass is 9.93. The molecule has 0 amide bonds. The highest BCUT2D eigenvalue weighted by atomic mass is 80.9. The van der Waals surface area contributed by atoms with Crippen LogP contribution >= 0.6 is 67.4 Å². The lowest BCUT2D eigenvalue weighted by Crippen LogP contribution is -2.10. The van der Waals surface area contributed by atoms with Gasteiger partial charge in [0.1, 0.15) is 0 Å². The molecular formula is C61H47Br3Cl2N2. The van der Waals surface area contributed by atoms with Crippen LogP contribution in [-0.2, 0) is 0 Å². The Morgan fingerprint density at radius 3 is 0.956 bits per heavy atom. The summed E-state index contributed by atoms with van der Waals surface area (Å²) in [6, 6.07) is 73.2. The van der Waals surface area contributed by atoms with Gasteiger partial charge in [0, 0.05) is 66.3 Å². The van der Waals surface area contributed by atoms with Gasteiger partial charge in [-0.1, -0.05) is 172 Å². The van der Waals surface area contributed by atoms with Crippen LogP contribution in [0, 0.1) is 27.7 Å². The molecule has 0 saturated carbocycles. The van der Waals surface area contributed by atoms with Crippen molar-refractivity contribution in [3.05, 3.63) is 227 Å². The van der Waals surface area contributed by atoms with Crippen LogP contribution in [0.4, 0.5) is 34.1 Å². The normalized spacial score (nSPS) is 11.1. The Hall–Kier alpha value is -5.66. The molecule has 68 heavy (non-hydrogen) atoms. The van der Waals surface area contributed by atoms with Gasteiger partial charge in [-0.2, -0.15) is 0 Å². The van der Waals surface area contributed by atoms with Gasteiger partial charge in [0.2, 0.25) is 0 Å². The first kappa shape index (κ1) is 47.4. The summed E-state index contributed by atoms with van der Waals surface area (Å²) in [6.45, 7) is 8.54. The third kappa shape index (κ3) is 9.28. The second-order valence-corrected chi connectivity index (χ2v) is 18.8. The van der Waals surface area contributed by atoms with Crippen molar-refractivity contribution in [3.8, 4) is 0 Å². The van der Waals surface area contributed by atoms with Crippen molar-refractivity contribution in [1.82, 2.24) is 0 Å². The molecule has 7 heteroatoms. The number of hydrogen-bond acceptors (Lipinski definition) is 2. The average molecular weight is 1120 g/mol. The molecule has 0 bridgehead atoms. The molecule has 336 valence electrons. The van der Waals surface area contributed by atoms with E-state index in [9.17, 15) is 0 Å². The van der Waals surface area contributed by atoms with Crippen LogP contribution in [0.1, 0.15) is 22.3 Å². The number of anilines is 6. The van der Waals surface area contributed by atoms with E-state index in [1.807, 2.05) is 0 Å². The maximum Gasteiger partial charge on any atom is 0.0967 e. The third-order valence-corrected chi connectivity index (χ3v) is 13.4. The van der Waals surface area contributed by atoms with Gasteiger partial charge in [0.25, 0.3) is 0 Å². The molecule has 2 nitrogen and oxygen atoms in total. The number of alkyl halides is 2. The minimum absolute atomic E-state index is 0.194. The average Bonchev–Trinajstić information content (AvgIpc) is 3.37. The van der Waals surface area contributed by atoms with Gasteiger partial charge in [0.15, 0.2) is 0 Å². The van der Waals surface area contributed by atoms with E-state index in [4.69, 9.17) is 23.2 Å². The van der Waals surface area contributed by atoms with Crippen molar-refractivity contribution >= 4 is 166 Å². The molecule has 0 aliphatic rings. The summed E-state index contributed by atoms with van der Waals surface area (Å²) in [4.78, 5) is 4.75. The molecule has 12 aromatic rings. The Bertz CT molecular complexity index is 3530. The van der Waals surface area contributed by atoms with E-state index >= 15 is 0 Å². The van der Waals surface area contributed by atoms with Crippen molar-refractivity contribution < 1.29 is 0 Å². The molecule has 12 rings (SSSR count). The highest BCUT2D eigenvalue weighted by Gasteiger charge is 2.20. The minimum atomic E-state index is 0.194. The van der Waals surface area contributed by atoms with Crippen LogP contribution in [-0.4, -0.2) is 5.34 Å². The predicted octanol–water partition coefficient (Wildman–Crippen LogP) is 21.2. The van der Waals surface area contributed by atoms with Crippen molar-refractivity contribution in [2.75, 3.05) is 15.1 Å². The first-order valence-electron chi connectivity index (χ1n) is 22.4. The zero-order valence-electron chi connectivity index (χ0n) is 38.0. The summed E-state index contributed by atoms with van der Waals surface area (Å²) >= 11 is 18.8. The van der Waals surface area contributed by atoms with E-state index < -0.39 is 0 Å². The van der Waals surface area contributed by atoms with Crippen LogP contribution in [0.2, 0.25) is 0 Å². The van der Waals surface area contributed by atoms with Gasteiger partial charge < -0.3 is 9.80 Å². The van der Waals surface area contributed by atoms with E-state index in [2.05, 4.69) is 282 Å². The lowest BCUT2D eigenvalue weighted by Gasteiger charge is -2.28. The molecule has 0 aliphatic heterocycles. The highest BCUT2D eigenvalue weighted by molar-refractivity contribution is 9.93. The fourth-order valence-electron chi connectivity index (χ4n) is 9.49. The summed E-state index contributed by atoms with van der Waals surface area (Å²) in [5.74, 6) is 0. The molecule has 0 fully saturated rings. The second-order valence-electron chi connectivity index (χ2n) is 17.1. The monoisotopic (exact) mass is 1110 g/mol. The van der Waals surface area contributed by atoms with Gasteiger partial charge >= 0.3 is 0 Å². The number of nitrogens with zero attached hydrogens (tertiary/aromatic N) is 2. The molecule has 0 atom stereocenters. The zero-order valence-corrected chi connectivity index (χ0v) is 44.3. The maximum atomic E-state index is 4.76. The Morgan fingerprint density at radius 2 is 0.588 bits per heavy atom. The number of halogens is 5. The Morgan fingerprint density at radius 1 is 0.324 bits per heavy atom. The quantitative estimate of drug-likeness (QED) is 0.121. The Balaban J connectivity index is 0.000000156. The van der Waals surface area contributed by atoms with E-state index in [0.717, 1.165) is 15.8 Å². The minimum Gasteiger partial charge on any atom is -0.310 e. The standard InChI is InChI=1S/C30H22BrN.C30H23N.CH2Cl2.Br2/c1-19-3-11-23(12-4-19)32(24-13-5-20(2)6-14-24)28-18-10-22-7-15-25-27(31)17-9-21-8-16-26(28)30(22)29(21)25;1-20-6-14-25(15-7-20)31(26-16-8-21(2)9-17-26)28-19-13-24-11-10-22-4-3-5-23-12-18-27(28)30(24)29(22)23;2-1-3;1-2/h3-18H,1-2H3;3-19H,1-2H3;1H2;. The fraction of sp³-hybridized carbons (Fsp3) is 0.0820. The second kappa shape index (κ2) is 20.9.